The third kappa shape index (κ3) is 2.69. The van der Waals surface area contributed by atoms with E-state index in [1.54, 1.807) is 21.3 Å². The zero-order valence-corrected chi connectivity index (χ0v) is 12.2. The normalized spacial score (nSPS) is 22.5. The summed E-state index contributed by atoms with van der Waals surface area (Å²) in [7, 11) is 5.06. The van der Waals surface area contributed by atoms with E-state index in [9.17, 15) is 0 Å². The molecule has 0 aliphatic carbocycles. The molecular weight excluding hydrogens is 242 g/mol. The monoisotopic (exact) mass is 265 g/mol. The van der Waals surface area contributed by atoms with E-state index < -0.39 is 0 Å². The average Bonchev–Trinajstić information content (AvgIpc) is 2.86. The predicted octanol–water partition coefficient (Wildman–Crippen LogP) is 2.45. The number of benzene rings is 1. The fourth-order valence-electron chi connectivity index (χ4n) is 2.81. The Balaban J connectivity index is 2.52. The molecule has 19 heavy (non-hydrogen) atoms. The van der Waals surface area contributed by atoms with Gasteiger partial charge in [-0.15, -0.1) is 0 Å². The first kappa shape index (κ1) is 14.2. The van der Waals surface area contributed by atoms with Crippen molar-refractivity contribution in [3.63, 3.8) is 0 Å². The summed E-state index contributed by atoms with van der Waals surface area (Å²) in [6, 6.07) is 4.13. The maximum absolute atomic E-state index is 5.57. The van der Waals surface area contributed by atoms with Gasteiger partial charge in [-0.2, -0.15) is 0 Å². The molecule has 0 amide bonds. The molecule has 1 saturated heterocycles. The highest BCUT2D eigenvalue weighted by Gasteiger charge is 2.34. The summed E-state index contributed by atoms with van der Waals surface area (Å²) in [5, 5.41) is 3.57. The van der Waals surface area contributed by atoms with Gasteiger partial charge in [0.25, 0.3) is 0 Å². The van der Waals surface area contributed by atoms with Crippen molar-refractivity contribution in [2.75, 3.05) is 27.9 Å². The summed E-state index contributed by atoms with van der Waals surface area (Å²) >= 11 is 0. The Bertz CT molecular complexity index is 439. The van der Waals surface area contributed by atoms with Crippen molar-refractivity contribution in [3.8, 4) is 11.5 Å². The van der Waals surface area contributed by atoms with Gasteiger partial charge in [0.15, 0.2) is 11.5 Å². The van der Waals surface area contributed by atoms with E-state index in [1.165, 1.54) is 6.42 Å². The molecule has 1 fully saturated rings. The average molecular weight is 265 g/mol. The smallest absolute Gasteiger partial charge is 0.165 e. The van der Waals surface area contributed by atoms with Crippen LogP contribution < -0.4 is 14.8 Å². The van der Waals surface area contributed by atoms with Crippen LogP contribution in [0, 0.1) is 0 Å². The Morgan fingerprint density at radius 1 is 1.21 bits per heavy atom. The van der Waals surface area contributed by atoms with Crippen molar-refractivity contribution in [3.05, 3.63) is 23.3 Å². The second-order valence-corrected chi connectivity index (χ2v) is 5.17. The van der Waals surface area contributed by atoms with E-state index in [1.807, 2.05) is 6.07 Å². The molecule has 106 valence electrons. The van der Waals surface area contributed by atoms with E-state index >= 15 is 0 Å². The van der Waals surface area contributed by atoms with Gasteiger partial charge in [0.2, 0.25) is 0 Å². The van der Waals surface area contributed by atoms with Crippen LogP contribution in [0.5, 0.6) is 11.5 Å². The molecule has 0 bridgehead atoms. The number of rotatable bonds is 5. The van der Waals surface area contributed by atoms with Crippen LogP contribution in [-0.4, -0.2) is 27.9 Å². The third-order valence-electron chi connectivity index (χ3n) is 3.81. The molecule has 1 unspecified atom stereocenters. The van der Waals surface area contributed by atoms with Gasteiger partial charge in [0.1, 0.15) is 0 Å². The van der Waals surface area contributed by atoms with Gasteiger partial charge in [0, 0.05) is 18.2 Å². The highest BCUT2D eigenvalue weighted by molar-refractivity contribution is 5.52. The molecule has 0 saturated carbocycles. The van der Waals surface area contributed by atoms with E-state index in [4.69, 9.17) is 14.2 Å². The van der Waals surface area contributed by atoms with Crippen LogP contribution in [0.2, 0.25) is 0 Å². The molecule has 1 atom stereocenters. The fraction of sp³-hybridized carbons (Fsp3) is 0.600. The highest BCUT2D eigenvalue weighted by Crippen LogP contribution is 2.42. The van der Waals surface area contributed by atoms with E-state index in [2.05, 4.69) is 18.3 Å². The molecule has 4 heteroatoms. The lowest BCUT2D eigenvalue weighted by Gasteiger charge is -2.28. The Labute approximate surface area is 115 Å². The zero-order chi connectivity index (χ0) is 13.9. The molecule has 4 nitrogen and oxygen atoms in total. The van der Waals surface area contributed by atoms with Crippen molar-refractivity contribution in [1.29, 1.82) is 0 Å². The summed E-state index contributed by atoms with van der Waals surface area (Å²) in [6.07, 6.45) is 2.28. The van der Waals surface area contributed by atoms with Crippen molar-refractivity contribution < 1.29 is 14.2 Å². The summed E-state index contributed by atoms with van der Waals surface area (Å²) in [6.45, 7) is 3.83. The lowest BCUT2D eigenvalue weighted by Crippen LogP contribution is -2.33. The maximum Gasteiger partial charge on any atom is 0.165 e. The molecule has 1 aromatic rings. The second kappa shape index (κ2) is 5.80. The Hall–Kier alpha value is -1.26. The van der Waals surface area contributed by atoms with Crippen molar-refractivity contribution >= 4 is 0 Å². The topological polar surface area (TPSA) is 39.7 Å². The standard InChI is InChI=1S/C15H23NO3/c1-15(6-5-7-16-15)12-8-11(10-17-2)9-13(18-3)14(12)19-4/h8-9,16H,5-7,10H2,1-4H3. The first-order chi connectivity index (χ1) is 9.14. The van der Waals surface area contributed by atoms with Crippen LogP contribution in [-0.2, 0) is 16.9 Å². The maximum atomic E-state index is 5.57. The van der Waals surface area contributed by atoms with Crippen LogP contribution in [0.1, 0.15) is 30.9 Å². The number of hydrogen-bond donors (Lipinski definition) is 1. The summed E-state index contributed by atoms with van der Waals surface area (Å²) < 4.78 is 16.3. The van der Waals surface area contributed by atoms with E-state index in [-0.39, 0.29) is 5.54 Å². The van der Waals surface area contributed by atoms with Gasteiger partial charge >= 0.3 is 0 Å². The number of ether oxygens (including phenoxy) is 3. The van der Waals surface area contributed by atoms with Crippen molar-refractivity contribution in [2.45, 2.75) is 31.9 Å². The van der Waals surface area contributed by atoms with Crippen LogP contribution in [0.3, 0.4) is 0 Å². The van der Waals surface area contributed by atoms with Gasteiger partial charge in [-0.25, -0.2) is 0 Å². The minimum Gasteiger partial charge on any atom is -0.493 e. The summed E-state index contributed by atoms with van der Waals surface area (Å²) in [5.41, 5.74) is 2.20. The van der Waals surface area contributed by atoms with Gasteiger partial charge in [-0.3, -0.25) is 0 Å². The van der Waals surface area contributed by atoms with Crippen molar-refractivity contribution in [2.24, 2.45) is 0 Å². The molecule has 1 heterocycles. The largest absolute Gasteiger partial charge is 0.493 e. The molecule has 1 N–H and O–H groups in total. The zero-order valence-electron chi connectivity index (χ0n) is 12.2. The van der Waals surface area contributed by atoms with Crippen LogP contribution in [0.4, 0.5) is 0 Å². The van der Waals surface area contributed by atoms with Crippen LogP contribution in [0.25, 0.3) is 0 Å². The number of hydrogen-bond acceptors (Lipinski definition) is 4. The van der Waals surface area contributed by atoms with Gasteiger partial charge in [-0.05, 0) is 44.0 Å². The molecule has 1 aliphatic rings. The van der Waals surface area contributed by atoms with Gasteiger partial charge in [0.05, 0.1) is 20.8 Å². The van der Waals surface area contributed by atoms with Gasteiger partial charge < -0.3 is 19.5 Å². The highest BCUT2D eigenvalue weighted by atomic mass is 16.5. The Morgan fingerprint density at radius 2 is 2.00 bits per heavy atom. The van der Waals surface area contributed by atoms with E-state index in [0.29, 0.717) is 6.61 Å². The molecule has 2 rings (SSSR count). The Morgan fingerprint density at radius 3 is 2.53 bits per heavy atom. The lowest BCUT2D eigenvalue weighted by molar-refractivity contribution is 0.184. The van der Waals surface area contributed by atoms with Crippen molar-refractivity contribution in [1.82, 2.24) is 5.32 Å². The molecule has 1 aromatic carbocycles. The Kier molecular flexibility index (Phi) is 4.32. The molecule has 0 radical (unpaired) electrons. The molecular formula is C15H23NO3. The minimum absolute atomic E-state index is 0.0532. The SMILES string of the molecule is COCc1cc(OC)c(OC)c(C2(C)CCCN2)c1. The van der Waals surface area contributed by atoms with Crippen LogP contribution in [0.15, 0.2) is 12.1 Å². The molecule has 1 aliphatic heterocycles. The number of nitrogens with one attached hydrogen (secondary N) is 1. The quantitative estimate of drug-likeness (QED) is 0.887. The molecule has 0 aromatic heterocycles. The summed E-state index contributed by atoms with van der Waals surface area (Å²) in [4.78, 5) is 0. The lowest BCUT2D eigenvalue weighted by atomic mass is 9.88. The predicted molar refractivity (Wildman–Crippen MR) is 74.8 cm³/mol. The molecule has 0 spiro atoms. The fourth-order valence-corrected chi connectivity index (χ4v) is 2.81. The van der Waals surface area contributed by atoms with E-state index in [0.717, 1.165) is 35.6 Å². The summed E-state index contributed by atoms with van der Waals surface area (Å²) in [5.74, 6) is 1.58. The number of methoxy groups -OCH3 is 3. The minimum atomic E-state index is -0.0532. The first-order valence-corrected chi connectivity index (χ1v) is 6.64. The third-order valence-corrected chi connectivity index (χ3v) is 3.81. The first-order valence-electron chi connectivity index (χ1n) is 6.64. The second-order valence-electron chi connectivity index (χ2n) is 5.17. The van der Waals surface area contributed by atoms with Gasteiger partial charge in [-0.1, -0.05) is 0 Å². The van der Waals surface area contributed by atoms with Crippen LogP contribution >= 0.6 is 0 Å².